The Balaban J connectivity index is 2.65. The molecule has 0 bridgehead atoms. The fourth-order valence-electron chi connectivity index (χ4n) is 1.25. The zero-order valence-corrected chi connectivity index (χ0v) is 9.07. The number of rotatable bonds is 5. The van der Waals surface area contributed by atoms with Gasteiger partial charge in [0.05, 0.1) is 6.42 Å². The van der Waals surface area contributed by atoms with Crippen LogP contribution in [-0.2, 0) is 9.59 Å². The summed E-state index contributed by atoms with van der Waals surface area (Å²) in [7, 11) is 1.52. The molecule has 86 valence electrons. The SMILES string of the molecule is CNC(=O)CC(Nc1ccccc1)C(N)=O. The smallest absolute Gasteiger partial charge is 0.240 e. The normalized spacial score (nSPS) is 11.6. The molecule has 1 aromatic carbocycles. The van der Waals surface area contributed by atoms with Gasteiger partial charge in [0.1, 0.15) is 6.04 Å². The molecule has 0 saturated carbocycles. The number of nitrogens with one attached hydrogen (secondary N) is 2. The summed E-state index contributed by atoms with van der Waals surface area (Å²) in [5.74, 6) is -0.778. The first-order chi connectivity index (χ1) is 7.63. The van der Waals surface area contributed by atoms with Gasteiger partial charge in [-0.25, -0.2) is 0 Å². The lowest BCUT2D eigenvalue weighted by atomic mass is 10.1. The van der Waals surface area contributed by atoms with Gasteiger partial charge in [-0.05, 0) is 12.1 Å². The molecule has 1 atom stereocenters. The molecule has 1 aromatic rings. The van der Waals surface area contributed by atoms with Crippen LogP contribution in [0.5, 0.6) is 0 Å². The van der Waals surface area contributed by atoms with Crippen molar-refractivity contribution in [3.8, 4) is 0 Å². The first-order valence-electron chi connectivity index (χ1n) is 4.95. The van der Waals surface area contributed by atoms with Crippen molar-refractivity contribution in [2.45, 2.75) is 12.5 Å². The lowest BCUT2D eigenvalue weighted by Gasteiger charge is -2.15. The van der Waals surface area contributed by atoms with E-state index in [0.29, 0.717) is 0 Å². The molecule has 2 amide bonds. The molecule has 0 fully saturated rings. The Kier molecular flexibility index (Phi) is 4.32. The van der Waals surface area contributed by atoms with Crippen molar-refractivity contribution >= 4 is 17.5 Å². The molecule has 0 saturated heterocycles. The quantitative estimate of drug-likeness (QED) is 0.658. The van der Waals surface area contributed by atoms with E-state index in [9.17, 15) is 9.59 Å². The minimum Gasteiger partial charge on any atom is -0.373 e. The maximum Gasteiger partial charge on any atom is 0.240 e. The number of hydrogen-bond donors (Lipinski definition) is 3. The van der Waals surface area contributed by atoms with Crippen LogP contribution in [0.4, 0.5) is 5.69 Å². The average molecular weight is 221 g/mol. The van der Waals surface area contributed by atoms with Crippen LogP contribution in [0.15, 0.2) is 30.3 Å². The predicted octanol–water partition coefficient (Wildman–Crippen LogP) is 0.0885. The van der Waals surface area contributed by atoms with Crippen molar-refractivity contribution in [1.29, 1.82) is 0 Å². The van der Waals surface area contributed by atoms with Crippen LogP contribution in [0.3, 0.4) is 0 Å². The van der Waals surface area contributed by atoms with Crippen LogP contribution in [0.2, 0.25) is 0 Å². The fourth-order valence-corrected chi connectivity index (χ4v) is 1.25. The Morgan fingerprint density at radius 3 is 2.44 bits per heavy atom. The Labute approximate surface area is 94.0 Å². The predicted molar refractivity (Wildman–Crippen MR) is 61.7 cm³/mol. The number of hydrogen-bond acceptors (Lipinski definition) is 3. The van der Waals surface area contributed by atoms with Crippen LogP contribution < -0.4 is 16.4 Å². The molecule has 0 spiro atoms. The number of nitrogens with two attached hydrogens (primary N) is 1. The summed E-state index contributed by atoms with van der Waals surface area (Å²) in [6.07, 6.45) is 0.0285. The second kappa shape index (κ2) is 5.75. The Bertz CT molecular complexity index is 365. The highest BCUT2D eigenvalue weighted by Crippen LogP contribution is 2.08. The van der Waals surface area contributed by atoms with Crippen molar-refractivity contribution in [1.82, 2.24) is 5.32 Å². The second-order valence-corrected chi connectivity index (χ2v) is 3.34. The van der Waals surface area contributed by atoms with Crippen molar-refractivity contribution < 1.29 is 9.59 Å². The molecule has 0 aliphatic carbocycles. The third-order valence-electron chi connectivity index (χ3n) is 2.13. The Morgan fingerprint density at radius 1 is 1.31 bits per heavy atom. The van der Waals surface area contributed by atoms with Crippen LogP contribution in [0, 0.1) is 0 Å². The number of carbonyl (C=O) groups is 2. The van der Waals surface area contributed by atoms with E-state index in [-0.39, 0.29) is 12.3 Å². The molecule has 0 aromatic heterocycles. The number of amides is 2. The van der Waals surface area contributed by atoms with E-state index in [1.807, 2.05) is 18.2 Å². The Morgan fingerprint density at radius 2 is 1.94 bits per heavy atom. The van der Waals surface area contributed by atoms with Gasteiger partial charge in [0.2, 0.25) is 11.8 Å². The number of para-hydroxylation sites is 1. The number of benzene rings is 1. The zero-order valence-electron chi connectivity index (χ0n) is 9.07. The second-order valence-electron chi connectivity index (χ2n) is 3.34. The van der Waals surface area contributed by atoms with Crippen molar-refractivity contribution in [3.05, 3.63) is 30.3 Å². The Hall–Kier alpha value is -2.04. The molecule has 0 aliphatic rings. The monoisotopic (exact) mass is 221 g/mol. The third-order valence-corrected chi connectivity index (χ3v) is 2.13. The first-order valence-corrected chi connectivity index (χ1v) is 4.95. The highest BCUT2D eigenvalue weighted by atomic mass is 16.2. The number of anilines is 1. The van der Waals surface area contributed by atoms with E-state index in [4.69, 9.17) is 5.73 Å². The molecule has 1 unspecified atom stereocenters. The van der Waals surface area contributed by atoms with Gasteiger partial charge in [-0.15, -0.1) is 0 Å². The summed E-state index contributed by atoms with van der Waals surface area (Å²) in [4.78, 5) is 22.3. The highest BCUT2D eigenvalue weighted by molar-refractivity contribution is 5.89. The molecule has 5 heteroatoms. The van der Waals surface area contributed by atoms with E-state index in [0.717, 1.165) is 5.69 Å². The molecular weight excluding hydrogens is 206 g/mol. The average Bonchev–Trinajstić information content (AvgIpc) is 2.29. The van der Waals surface area contributed by atoms with Gasteiger partial charge in [-0.2, -0.15) is 0 Å². The van der Waals surface area contributed by atoms with Gasteiger partial charge in [0.15, 0.2) is 0 Å². The van der Waals surface area contributed by atoms with Crippen LogP contribution >= 0.6 is 0 Å². The molecule has 1 rings (SSSR count). The van der Waals surface area contributed by atoms with Crippen LogP contribution in [0.25, 0.3) is 0 Å². The topological polar surface area (TPSA) is 84.2 Å². The summed E-state index contributed by atoms with van der Waals surface area (Å²) < 4.78 is 0. The lowest BCUT2D eigenvalue weighted by Crippen LogP contribution is -2.39. The third kappa shape index (κ3) is 3.61. The lowest BCUT2D eigenvalue weighted by molar-refractivity contribution is -0.125. The van der Waals surface area contributed by atoms with Gasteiger partial charge in [0, 0.05) is 12.7 Å². The standard InChI is InChI=1S/C11H15N3O2/c1-13-10(15)7-9(11(12)16)14-8-5-3-2-4-6-8/h2-6,9,14H,7H2,1H3,(H2,12,16)(H,13,15). The molecule has 0 radical (unpaired) electrons. The van der Waals surface area contributed by atoms with Gasteiger partial charge in [0.25, 0.3) is 0 Å². The first kappa shape index (κ1) is 12.0. The molecule has 5 nitrogen and oxygen atoms in total. The van der Waals surface area contributed by atoms with Crippen molar-refractivity contribution in [3.63, 3.8) is 0 Å². The van der Waals surface area contributed by atoms with Crippen molar-refractivity contribution in [2.75, 3.05) is 12.4 Å². The maximum atomic E-state index is 11.2. The van der Waals surface area contributed by atoms with E-state index < -0.39 is 11.9 Å². The van der Waals surface area contributed by atoms with E-state index in [1.54, 1.807) is 12.1 Å². The number of carbonyl (C=O) groups excluding carboxylic acids is 2. The molecule has 16 heavy (non-hydrogen) atoms. The van der Waals surface area contributed by atoms with Crippen LogP contribution in [0.1, 0.15) is 6.42 Å². The molecule has 4 N–H and O–H groups in total. The molecule has 0 heterocycles. The molecule has 0 aliphatic heterocycles. The van der Waals surface area contributed by atoms with Crippen LogP contribution in [-0.4, -0.2) is 24.9 Å². The summed E-state index contributed by atoms with van der Waals surface area (Å²) in [5, 5.41) is 5.36. The number of primary amides is 1. The summed E-state index contributed by atoms with van der Waals surface area (Å²) >= 11 is 0. The van der Waals surface area contributed by atoms with Gasteiger partial charge < -0.3 is 16.4 Å². The molecular formula is C11H15N3O2. The fraction of sp³-hybridized carbons (Fsp3) is 0.273. The minimum absolute atomic E-state index is 0.0285. The van der Waals surface area contributed by atoms with E-state index in [2.05, 4.69) is 10.6 Å². The van der Waals surface area contributed by atoms with Gasteiger partial charge in [-0.3, -0.25) is 9.59 Å². The minimum atomic E-state index is -0.692. The summed E-state index contributed by atoms with van der Waals surface area (Å²) in [6.45, 7) is 0. The highest BCUT2D eigenvalue weighted by Gasteiger charge is 2.18. The van der Waals surface area contributed by atoms with Gasteiger partial charge >= 0.3 is 0 Å². The van der Waals surface area contributed by atoms with E-state index >= 15 is 0 Å². The van der Waals surface area contributed by atoms with Gasteiger partial charge in [-0.1, -0.05) is 18.2 Å². The van der Waals surface area contributed by atoms with Crippen molar-refractivity contribution in [2.24, 2.45) is 5.73 Å². The van der Waals surface area contributed by atoms with E-state index in [1.165, 1.54) is 7.05 Å². The largest absolute Gasteiger partial charge is 0.373 e. The summed E-state index contributed by atoms with van der Waals surface area (Å²) in [6, 6.07) is 8.45. The maximum absolute atomic E-state index is 11.2. The summed E-state index contributed by atoms with van der Waals surface area (Å²) in [5.41, 5.74) is 5.97. The zero-order chi connectivity index (χ0) is 12.0.